The van der Waals surface area contributed by atoms with Gasteiger partial charge in [-0.15, -0.1) is 0 Å². The molecule has 2 aromatic rings. The van der Waals surface area contributed by atoms with Crippen molar-refractivity contribution in [1.29, 1.82) is 0 Å². The van der Waals surface area contributed by atoms with Crippen LogP contribution in [-0.2, 0) is 32.2 Å². The van der Waals surface area contributed by atoms with Crippen LogP contribution in [0.4, 0.5) is 4.79 Å². The second-order valence-electron chi connectivity index (χ2n) is 23.2. The van der Waals surface area contributed by atoms with Gasteiger partial charge in [0.25, 0.3) is 8.32 Å². The van der Waals surface area contributed by atoms with Crippen LogP contribution in [0.5, 0.6) is 0 Å². The highest BCUT2D eigenvalue weighted by molar-refractivity contribution is 6.99. The maximum atomic E-state index is 14.0. The van der Waals surface area contributed by atoms with E-state index in [1.165, 1.54) is 0 Å². The average molecular weight is 923 g/mol. The lowest BCUT2D eigenvalue weighted by Crippen LogP contribution is -2.72. The summed E-state index contributed by atoms with van der Waals surface area (Å²) in [6, 6.07) is 19.5. The summed E-state index contributed by atoms with van der Waals surface area (Å²) in [6.45, 7) is 38.4. The van der Waals surface area contributed by atoms with Crippen molar-refractivity contribution in [2.45, 2.75) is 198 Å². The Morgan fingerprint density at radius 1 is 0.794 bits per heavy atom. The number of carbonyl (C=O) groups is 1. The molecule has 3 aliphatic rings. The quantitative estimate of drug-likeness (QED) is 0.0715. The molecule has 2 saturated heterocycles. The molecule has 7 atom stereocenters. The van der Waals surface area contributed by atoms with Gasteiger partial charge in [0.05, 0.1) is 37.6 Å². The summed E-state index contributed by atoms with van der Waals surface area (Å²) in [5.74, 6) is -1.64. The molecule has 5 rings (SSSR count). The van der Waals surface area contributed by atoms with Gasteiger partial charge < -0.3 is 32.2 Å². The summed E-state index contributed by atoms with van der Waals surface area (Å²) < 4.78 is 49.8. The fourth-order valence-electron chi connectivity index (χ4n) is 8.54. The largest absolute Gasteiger partial charge is 0.444 e. The first kappa shape index (κ1) is 51.2. The zero-order valence-corrected chi connectivity index (χ0v) is 44.6. The van der Waals surface area contributed by atoms with Crippen molar-refractivity contribution in [3.63, 3.8) is 0 Å². The van der Waals surface area contributed by atoms with E-state index >= 15 is 0 Å². The van der Waals surface area contributed by atoms with Crippen LogP contribution in [0.1, 0.15) is 103 Å². The van der Waals surface area contributed by atoms with E-state index in [1.54, 1.807) is 4.90 Å². The average Bonchev–Trinajstić information content (AvgIpc) is 3.48. The number of carbonyl (C=O) groups excluding carboxylic acids is 1. The SMILES string of the molecule is CC(C)(C)OC(=O)N1[C@@H]([C@H]2CC=C[C@@]3(O[C@H](CO[Si](c4ccccc4)(c4ccccc4)C(C)(C)C)[C@H](O[Si](C)(C)C(C)(C)C)[C@H](O[Si](C)(C)C(C)(C)C)[C@H]3N=[N+]=[N-])O2)COC1(C)C. The van der Waals surface area contributed by atoms with Crippen molar-refractivity contribution >= 4 is 41.4 Å². The standard InChI is InChI=1S/C48H78N4O8Si3/c1-43(2,3)58-42(53)52-36(32-54-47(52,13)14)37-30-25-31-48(56-37)41(50-51-49)40(60-62(17,18)45(7,8)9)39(59-61(15,16)44(4,5)6)38(57-48)33-55-63(46(10,11)12,34-26-21-19-22-27-34)35-28-23-20-24-29-35/h19-29,31,36-41H,30,32-33H2,1-18H3/t36-,37-,38-,39+,40+,41-,48+/m1/s1. The fourth-order valence-corrected chi connectivity index (χ4v) is 15.7. The van der Waals surface area contributed by atoms with E-state index in [1.807, 2.05) is 58.9 Å². The number of hydrogen-bond donors (Lipinski definition) is 0. The number of benzene rings is 2. The van der Waals surface area contributed by atoms with Crippen molar-refractivity contribution in [2.24, 2.45) is 5.11 Å². The maximum Gasteiger partial charge on any atom is 0.412 e. The number of rotatable bonds is 11. The molecule has 3 aliphatic heterocycles. The summed E-state index contributed by atoms with van der Waals surface area (Å²) in [7, 11) is -8.36. The molecule has 0 N–H and O–H groups in total. The molecule has 0 bridgehead atoms. The highest BCUT2D eigenvalue weighted by Crippen LogP contribution is 2.49. The van der Waals surface area contributed by atoms with Crippen LogP contribution >= 0.6 is 0 Å². The molecule has 0 aromatic heterocycles. The number of nitrogens with zero attached hydrogens (tertiary/aromatic N) is 4. The Hall–Kier alpha value is -2.83. The van der Waals surface area contributed by atoms with E-state index in [-0.39, 0.29) is 28.3 Å². The molecule has 350 valence electrons. The molecule has 0 aliphatic carbocycles. The van der Waals surface area contributed by atoms with E-state index in [2.05, 4.69) is 147 Å². The van der Waals surface area contributed by atoms with Gasteiger partial charge in [-0.2, -0.15) is 0 Å². The van der Waals surface area contributed by atoms with Gasteiger partial charge in [0.1, 0.15) is 23.5 Å². The Labute approximate surface area is 381 Å². The number of azide groups is 1. The second kappa shape index (κ2) is 18.1. The fraction of sp³-hybridized carbons (Fsp3) is 0.688. The third kappa shape index (κ3) is 10.6. The number of ether oxygens (including phenoxy) is 4. The summed E-state index contributed by atoms with van der Waals surface area (Å²) in [5.41, 5.74) is 8.76. The van der Waals surface area contributed by atoms with E-state index in [4.69, 9.17) is 32.2 Å². The first-order chi connectivity index (χ1) is 28.8. The number of amides is 1. The van der Waals surface area contributed by atoms with Crippen LogP contribution in [-0.4, -0.2) is 103 Å². The molecule has 12 nitrogen and oxygen atoms in total. The van der Waals surface area contributed by atoms with E-state index in [0.717, 1.165) is 10.4 Å². The van der Waals surface area contributed by atoms with Gasteiger partial charge in [-0.1, -0.05) is 134 Å². The minimum Gasteiger partial charge on any atom is -0.444 e. The summed E-state index contributed by atoms with van der Waals surface area (Å²) in [5, 5.41) is 6.11. The van der Waals surface area contributed by atoms with Gasteiger partial charge in [-0.25, -0.2) is 4.79 Å². The van der Waals surface area contributed by atoms with Crippen LogP contribution < -0.4 is 10.4 Å². The lowest BCUT2D eigenvalue weighted by atomic mass is 9.88. The van der Waals surface area contributed by atoms with Crippen molar-refractivity contribution in [3.05, 3.63) is 83.3 Å². The van der Waals surface area contributed by atoms with Crippen molar-refractivity contribution in [1.82, 2.24) is 4.90 Å². The van der Waals surface area contributed by atoms with Gasteiger partial charge in [0.2, 0.25) is 0 Å². The molecule has 0 saturated carbocycles. The highest BCUT2D eigenvalue weighted by atomic mass is 28.4. The summed E-state index contributed by atoms with van der Waals surface area (Å²) in [6.07, 6.45) is 0.901. The van der Waals surface area contributed by atoms with Crippen molar-refractivity contribution in [3.8, 4) is 0 Å². The van der Waals surface area contributed by atoms with Crippen LogP contribution in [0.25, 0.3) is 10.4 Å². The Kier molecular flexibility index (Phi) is 14.7. The minimum absolute atomic E-state index is 0.125. The van der Waals surface area contributed by atoms with Crippen LogP contribution in [0.15, 0.2) is 77.9 Å². The Balaban J connectivity index is 1.73. The van der Waals surface area contributed by atoms with Gasteiger partial charge >= 0.3 is 6.09 Å². The molecule has 2 aromatic carbocycles. The molecule has 0 unspecified atom stereocenters. The third-order valence-electron chi connectivity index (χ3n) is 13.9. The first-order valence-electron chi connectivity index (χ1n) is 22.7. The number of hydrogen-bond acceptors (Lipinski definition) is 9. The molecule has 1 amide bonds. The van der Waals surface area contributed by atoms with Gasteiger partial charge in [0.15, 0.2) is 22.4 Å². The molecule has 2 fully saturated rings. The predicted molar refractivity (Wildman–Crippen MR) is 259 cm³/mol. The highest BCUT2D eigenvalue weighted by Gasteiger charge is 2.62. The van der Waals surface area contributed by atoms with Crippen LogP contribution in [0.2, 0.25) is 41.3 Å². The van der Waals surface area contributed by atoms with Crippen LogP contribution in [0, 0.1) is 0 Å². The van der Waals surface area contributed by atoms with Crippen molar-refractivity contribution in [2.75, 3.05) is 13.2 Å². The lowest BCUT2D eigenvalue weighted by Gasteiger charge is -2.57. The molecule has 3 heterocycles. The van der Waals surface area contributed by atoms with Gasteiger partial charge in [-0.05, 0) is 104 Å². The normalized spacial score (nSPS) is 27.3. The minimum atomic E-state index is -3.11. The first-order valence-corrected chi connectivity index (χ1v) is 30.4. The Bertz CT molecular complexity index is 1930. The lowest BCUT2D eigenvalue weighted by molar-refractivity contribution is -0.322. The molecular weight excluding hydrogens is 845 g/mol. The third-order valence-corrected chi connectivity index (χ3v) is 27.8. The monoisotopic (exact) mass is 923 g/mol. The van der Waals surface area contributed by atoms with E-state index in [9.17, 15) is 10.3 Å². The van der Waals surface area contributed by atoms with Crippen molar-refractivity contribution < 1.29 is 37.0 Å². The van der Waals surface area contributed by atoms with Gasteiger partial charge in [0, 0.05) is 4.91 Å². The maximum absolute atomic E-state index is 14.0. The second-order valence-corrected chi connectivity index (χ2v) is 37.0. The smallest absolute Gasteiger partial charge is 0.412 e. The topological polar surface area (TPSA) is 134 Å². The molecule has 63 heavy (non-hydrogen) atoms. The Morgan fingerprint density at radius 2 is 1.30 bits per heavy atom. The predicted octanol–water partition coefficient (Wildman–Crippen LogP) is 10.8. The zero-order valence-electron chi connectivity index (χ0n) is 41.6. The molecule has 15 heteroatoms. The zero-order chi connectivity index (χ0) is 47.2. The van der Waals surface area contributed by atoms with E-state index < -0.39 is 84.7 Å². The summed E-state index contributed by atoms with van der Waals surface area (Å²) >= 11 is 0. The van der Waals surface area contributed by atoms with Gasteiger partial charge in [-0.3, -0.25) is 4.90 Å². The molecule has 0 radical (unpaired) electrons. The van der Waals surface area contributed by atoms with Crippen LogP contribution in [0.3, 0.4) is 0 Å². The Morgan fingerprint density at radius 3 is 1.76 bits per heavy atom. The summed E-state index contributed by atoms with van der Waals surface area (Å²) in [4.78, 5) is 19.1. The molecular formula is C48H78N4O8Si3. The van der Waals surface area contributed by atoms with E-state index in [0.29, 0.717) is 6.42 Å². The molecule has 1 spiro atoms.